The summed E-state index contributed by atoms with van der Waals surface area (Å²) in [6.07, 6.45) is 1.30. The third-order valence-electron chi connectivity index (χ3n) is 5.69. The van der Waals surface area contributed by atoms with Crippen LogP contribution in [0.1, 0.15) is 16.1 Å². The molecule has 2 aliphatic rings. The van der Waals surface area contributed by atoms with Gasteiger partial charge in [-0.25, -0.2) is 4.98 Å². The number of aromatic hydroxyl groups is 1. The molecule has 29 heavy (non-hydrogen) atoms. The van der Waals surface area contributed by atoms with Gasteiger partial charge in [0, 0.05) is 30.8 Å². The number of amides is 2. The molecule has 1 saturated heterocycles. The Bertz CT molecular complexity index is 1180. The normalized spacial score (nSPS) is 16.1. The van der Waals surface area contributed by atoms with E-state index in [9.17, 15) is 14.7 Å². The zero-order valence-corrected chi connectivity index (χ0v) is 15.7. The van der Waals surface area contributed by atoms with Crippen LogP contribution in [0, 0.1) is 0 Å². The average Bonchev–Trinajstić information content (AvgIpc) is 3.01. The Kier molecular flexibility index (Phi) is 3.87. The monoisotopic (exact) mass is 385 g/mol. The summed E-state index contributed by atoms with van der Waals surface area (Å²) < 4.78 is 0. The van der Waals surface area contributed by atoms with Crippen LogP contribution in [0.15, 0.2) is 61.2 Å². The molecule has 1 N–H and O–H groups in total. The van der Waals surface area contributed by atoms with Gasteiger partial charge in [-0.2, -0.15) is 0 Å². The summed E-state index contributed by atoms with van der Waals surface area (Å²) in [6, 6.07) is 15.0. The fraction of sp³-hybridized carbons (Fsp3) is 0.174. The first-order valence-electron chi connectivity index (χ1n) is 9.49. The maximum atomic E-state index is 13.0. The Morgan fingerprint density at radius 2 is 1.97 bits per heavy atom. The lowest BCUT2D eigenvalue weighted by Crippen LogP contribution is -2.60. The van der Waals surface area contributed by atoms with E-state index in [1.807, 2.05) is 36.4 Å². The molecule has 2 aliphatic heterocycles. The number of likely N-dealkylation sites (tertiary alicyclic amines) is 1. The molecule has 2 amide bonds. The molecule has 5 rings (SSSR count). The summed E-state index contributed by atoms with van der Waals surface area (Å²) in [5.41, 5.74) is 2.78. The Hall–Kier alpha value is -3.67. The minimum atomic E-state index is -0.110. The molecule has 144 valence electrons. The molecule has 0 saturated carbocycles. The number of aromatic nitrogens is 1. The van der Waals surface area contributed by atoms with E-state index >= 15 is 0 Å². The molecule has 1 fully saturated rings. The molecule has 0 atom stereocenters. The number of rotatable bonds is 3. The number of pyridine rings is 1. The van der Waals surface area contributed by atoms with Gasteiger partial charge in [-0.05, 0) is 35.0 Å². The molecule has 0 aliphatic carbocycles. The highest BCUT2D eigenvalue weighted by molar-refractivity contribution is 6.00. The molecule has 3 heterocycles. The maximum Gasteiger partial charge on any atom is 0.273 e. The maximum absolute atomic E-state index is 13.0. The van der Waals surface area contributed by atoms with Crippen molar-refractivity contribution < 1.29 is 14.7 Å². The van der Waals surface area contributed by atoms with E-state index in [4.69, 9.17) is 0 Å². The van der Waals surface area contributed by atoms with Crippen LogP contribution in [0.2, 0.25) is 0 Å². The van der Waals surface area contributed by atoms with E-state index in [0.717, 1.165) is 21.9 Å². The smallest absolute Gasteiger partial charge is 0.273 e. The SMILES string of the molecule is C=CC(=O)N1CC(N2Cc3ccc(-c4cc(O)cc5ccccc45)nc3C2=O)C1. The van der Waals surface area contributed by atoms with Crippen LogP contribution in [0.3, 0.4) is 0 Å². The molecular weight excluding hydrogens is 366 g/mol. The number of nitrogens with zero attached hydrogens (tertiary/aromatic N) is 3. The predicted molar refractivity (Wildman–Crippen MR) is 109 cm³/mol. The van der Waals surface area contributed by atoms with Gasteiger partial charge in [0.1, 0.15) is 11.4 Å². The van der Waals surface area contributed by atoms with Gasteiger partial charge in [-0.15, -0.1) is 0 Å². The Morgan fingerprint density at radius 1 is 1.17 bits per heavy atom. The van der Waals surface area contributed by atoms with E-state index in [1.54, 1.807) is 21.9 Å². The van der Waals surface area contributed by atoms with E-state index in [0.29, 0.717) is 31.0 Å². The van der Waals surface area contributed by atoms with Gasteiger partial charge in [-0.3, -0.25) is 9.59 Å². The van der Waals surface area contributed by atoms with Crippen LogP contribution in [0.25, 0.3) is 22.0 Å². The van der Waals surface area contributed by atoms with Gasteiger partial charge >= 0.3 is 0 Å². The Morgan fingerprint density at radius 3 is 2.76 bits per heavy atom. The van der Waals surface area contributed by atoms with Crippen LogP contribution < -0.4 is 0 Å². The second-order valence-corrected chi connectivity index (χ2v) is 7.45. The van der Waals surface area contributed by atoms with E-state index in [2.05, 4.69) is 11.6 Å². The average molecular weight is 385 g/mol. The predicted octanol–water partition coefficient (Wildman–Crippen LogP) is 2.96. The van der Waals surface area contributed by atoms with Crippen molar-refractivity contribution in [2.45, 2.75) is 12.6 Å². The van der Waals surface area contributed by atoms with Gasteiger partial charge in [0.05, 0.1) is 11.7 Å². The van der Waals surface area contributed by atoms with E-state index < -0.39 is 0 Å². The van der Waals surface area contributed by atoms with Crippen molar-refractivity contribution in [2.75, 3.05) is 13.1 Å². The number of benzene rings is 2. The van der Waals surface area contributed by atoms with Gasteiger partial charge in [0.25, 0.3) is 5.91 Å². The van der Waals surface area contributed by atoms with E-state index in [1.165, 1.54) is 6.08 Å². The molecule has 0 radical (unpaired) electrons. The van der Waals surface area contributed by atoms with Crippen molar-refractivity contribution in [3.63, 3.8) is 0 Å². The minimum absolute atomic E-state index is 0.00523. The zero-order chi connectivity index (χ0) is 20.1. The summed E-state index contributed by atoms with van der Waals surface area (Å²) in [7, 11) is 0. The molecule has 3 aromatic rings. The molecule has 0 spiro atoms. The highest BCUT2D eigenvalue weighted by atomic mass is 16.3. The number of hydrogen-bond acceptors (Lipinski definition) is 4. The molecule has 6 heteroatoms. The van der Waals surface area contributed by atoms with Gasteiger partial charge in [-0.1, -0.05) is 36.9 Å². The molecule has 0 bridgehead atoms. The molecule has 2 aromatic carbocycles. The first-order valence-corrected chi connectivity index (χ1v) is 9.49. The van der Waals surface area contributed by atoms with Crippen LogP contribution in [-0.2, 0) is 11.3 Å². The Labute approximate surface area is 167 Å². The molecule has 6 nitrogen and oxygen atoms in total. The fourth-order valence-corrected chi connectivity index (χ4v) is 4.11. The van der Waals surface area contributed by atoms with Crippen molar-refractivity contribution in [3.05, 3.63) is 72.4 Å². The lowest BCUT2D eigenvalue weighted by molar-refractivity contribution is -0.132. The molecule has 1 aromatic heterocycles. The van der Waals surface area contributed by atoms with Gasteiger partial charge in [0.2, 0.25) is 5.91 Å². The number of carbonyl (C=O) groups is 2. The summed E-state index contributed by atoms with van der Waals surface area (Å²) in [6.45, 7) is 5.05. The molecule has 0 unspecified atom stereocenters. The quantitative estimate of drug-likeness (QED) is 0.704. The largest absolute Gasteiger partial charge is 0.508 e. The second-order valence-electron chi connectivity index (χ2n) is 7.45. The third-order valence-corrected chi connectivity index (χ3v) is 5.69. The standard InChI is InChI=1S/C23H19N3O3/c1-2-21(28)25-12-16(13-25)26-11-15-7-8-20(24-22(15)23(26)29)19-10-17(27)9-14-5-3-4-6-18(14)19/h2-10,16,27H,1,11-13H2. The van der Waals surface area contributed by atoms with Crippen LogP contribution >= 0.6 is 0 Å². The van der Waals surface area contributed by atoms with Gasteiger partial charge < -0.3 is 14.9 Å². The number of carbonyl (C=O) groups excluding carboxylic acids is 2. The van der Waals surface area contributed by atoms with Crippen molar-refractivity contribution >= 4 is 22.6 Å². The molecular formula is C23H19N3O3. The minimum Gasteiger partial charge on any atom is -0.508 e. The Balaban J connectivity index is 1.46. The van der Waals surface area contributed by atoms with Crippen LogP contribution in [0.4, 0.5) is 0 Å². The van der Waals surface area contributed by atoms with Crippen molar-refractivity contribution in [1.29, 1.82) is 0 Å². The summed E-state index contributed by atoms with van der Waals surface area (Å²) in [5.74, 6) is -0.0565. The summed E-state index contributed by atoms with van der Waals surface area (Å²) in [4.78, 5) is 32.8. The van der Waals surface area contributed by atoms with E-state index in [-0.39, 0.29) is 23.6 Å². The first-order chi connectivity index (χ1) is 14.0. The van der Waals surface area contributed by atoms with Gasteiger partial charge in [0.15, 0.2) is 0 Å². The summed E-state index contributed by atoms with van der Waals surface area (Å²) in [5, 5.41) is 12.0. The number of phenols is 1. The zero-order valence-electron chi connectivity index (χ0n) is 15.7. The second kappa shape index (κ2) is 6.44. The number of phenolic OH excluding ortho intramolecular Hbond substituents is 1. The number of hydrogen-bond donors (Lipinski definition) is 1. The van der Waals surface area contributed by atoms with Crippen molar-refractivity contribution in [2.24, 2.45) is 0 Å². The first kappa shape index (κ1) is 17.4. The topological polar surface area (TPSA) is 73.7 Å². The van der Waals surface area contributed by atoms with Crippen molar-refractivity contribution in [3.8, 4) is 17.0 Å². The van der Waals surface area contributed by atoms with Crippen molar-refractivity contribution in [1.82, 2.24) is 14.8 Å². The summed E-state index contributed by atoms with van der Waals surface area (Å²) >= 11 is 0. The van der Waals surface area contributed by atoms with Crippen LogP contribution in [-0.4, -0.2) is 50.8 Å². The lowest BCUT2D eigenvalue weighted by Gasteiger charge is -2.43. The lowest BCUT2D eigenvalue weighted by atomic mass is 10.0. The highest BCUT2D eigenvalue weighted by Gasteiger charge is 2.41. The third kappa shape index (κ3) is 2.76. The highest BCUT2D eigenvalue weighted by Crippen LogP contribution is 2.34. The fourth-order valence-electron chi connectivity index (χ4n) is 4.11. The number of fused-ring (bicyclic) bond motifs is 2. The van der Waals surface area contributed by atoms with Crippen LogP contribution in [0.5, 0.6) is 5.75 Å².